The van der Waals surface area contributed by atoms with Crippen LogP contribution in [0.1, 0.15) is 25.3 Å². The van der Waals surface area contributed by atoms with E-state index in [2.05, 4.69) is 5.10 Å². The molecule has 0 saturated carbocycles. The van der Waals surface area contributed by atoms with E-state index < -0.39 is 0 Å². The number of hydrogen-bond acceptors (Lipinski definition) is 4. The molecule has 1 aromatic carbocycles. The lowest BCUT2D eigenvalue weighted by Crippen LogP contribution is -2.48. The lowest BCUT2D eigenvalue weighted by molar-refractivity contribution is -0.133. The van der Waals surface area contributed by atoms with Crippen molar-refractivity contribution in [3.05, 3.63) is 35.6 Å². The monoisotopic (exact) mass is 333 g/mol. The van der Waals surface area contributed by atoms with E-state index in [-0.39, 0.29) is 36.7 Å². The molecule has 0 aromatic heterocycles. The van der Waals surface area contributed by atoms with E-state index in [4.69, 9.17) is 4.74 Å². The molecular weight excluding hydrogens is 313 g/mol. The van der Waals surface area contributed by atoms with Crippen LogP contribution in [0.3, 0.4) is 0 Å². The molecule has 1 aromatic rings. The third kappa shape index (κ3) is 3.79. The Balaban J connectivity index is 1.72. The number of carbonyl (C=O) groups excluding carboxylic acids is 2. The van der Waals surface area contributed by atoms with Gasteiger partial charge in [0.25, 0.3) is 5.91 Å². The molecule has 1 atom stereocenters. The van der Waals surface area contributed by atoms with Crippen LogP contribution in [-0.4, -0.2) is 53.2 Å². The predicted octanol–water partition coefficient (Wildman–Crippen LogP) is 1.55. The average molecular weight is 333 g/mol. The molecular formula is C17H20FN3O3. The lowest BCUT2D eigenvalue weighted by atomic mass is 10.1. The number of hydrogen-bond donors (Lipinski definition) is 0. The number of hydrazone groups is 1. The zero-order valence-electron chi connectivity index (χ0n) is 13.6. The van der Waals surface area contributed by atoms with Crippen LogP contribution in [0.15, 0.2) is 29.4 Å². The van der Waals surface area contributed by atoms with Crippen LogP contribution in [0.5, 0.6) is 0 Å². The maximum absolute atomic E-state index is 13.0. The summed E-state index contributed by atoms with van der Waals surface area (Å²) < 4.78 is 18.4. The number of morpholine rings is 1. The van der Waals surface area contributed by atoms with Crippen molar-refractivity contribution in [3.63, 3.8) is 0 Å². The van der Waals surface area contributed by atoms with Gasteiger partial charge in [-0.2, -0.15) is 5.10 Å². The summed E-state index contributed by atoms with van der Waals surface area (Å²) in [5.74, 6) is -0.600. The Kier molecular flexibility index (Phi) is 4.89. The third-order valence-electron chi connectivity index (χ3n) is 4.13. The minimum absolute atomic E-state index is 0.00356. The van der Waals surface area contributed by atoms with Crippen LogP contribution in [0.2, 0.25) is 0 Å². The predicted molar refractivity (Wildman–Crippen MR) is 85.6 cm³/mol. The first kappa shape index (κ1) is 16.6. The highest BCUT2D eigenvalue weighted by Crippen LogP contribution is 2.16. The van der Waals surface area contributed by atoms with E-state index in [0.717, 1.165) is 5.56 Å². The molecule has 1 saturated heterocycles. The van der Waals surface area contributed by atoms with Gasteiger partial charge < -0.3 is 9.64 Å². The first-order valence-corrected chi connectivity index (χ1v) is 8.06. The van der Waals surface area contributed by atoms with Gasteiger partial charge in [0.05, 0.1) is 19.3 Å². The van der Waals surface area contributed by atoms with Crippen LogP contribution in [0.25, 0.3) is 0 Å². The Morgan fingerprint density at radius 1 is 1.33 bits per heavy atom. The molecule has 0 spiro atoms. The normalized spacial score (nSPS) is 21.7. The molecule has 1 fully saturated rings. The molecule has 7 heteroatoms. The molecule has 0 bridgehead atoms. The number of rotatable bonds is 3. The van der Waals surface area contributed by atoms with Crippen molar-refractivity contribution < 1.29 is 18.7 Å². The number of amides is 2. The fraction of sp³-hybridized carbons (Fsp3) is 0.471. The molecule has 2 amide bonds. The van der Waals surface area contributed by atoms with Crippen LogP contribution >= 0.6 is 0 Å². The highest BCUT2D eigenvalue weighted by Gasteiger charge is 2.29. The smallest absolute Gasteiger partial charge is 0.270 e. The molecule has 2 aliphatic heterocycles. The summed E-state index contributed by atoms with van der Waals surface area (Å²) in [5, 5.41) is 5.55. The van der Waals surface area contributed by atoms with Gasteiger partial charge in [0.2, 0.25) is 5.91 Å². The molecule has 24 heavy (non-hydrogen) atoms. The summed E-state index contributed by atoms with van der Waals surface area (Å²) in [4.78, 5) is 26.4. The fourth-order valence-electron chi connectivity index (χ4n) is 2.83. The summed E-state index contributed by atoms with van der Waals surface area (Å²) in [7, 11) is 0. The molecule has 0 radical (unpaired) electrons. The Bertz CT molecular complexity index is 660. The Morgan fingerprint density at radius 3 is 2.79 bits per heavy atom. The molecule has 0 N–H and O–H groups in total. The minimum atomic E-state index is -0.329. The number of benzene rings is 1. The van der Waals surface area contributed by atoms with Crippen LogP contribution in [0.4, 0.5) is 4.39 Å². The summed E-state index contributed by atoms with van der Waals surface area (Å²) in [6.07, 6.45) is 0.610. The van der Waals surface area contributed by atoms with Gasteiger partial charge in [0.1, 0.15) is 11.5 Å². The molecule has 3 rings (SSSR count). The van der Waals surface area contributed by atoms with Gasteiger partial charge in [-0.15, -0.1) is 0 Å². The highest BCUT2D eigenvalue weighted by atomic mass is 19.1. The fourth-order valence-corrected chi connectivity index (χ4v) is 2.83. The number of carbonyl (C=O) groups is 2. The average Bonchev–Trinajstić information content (AvgIpc) is 2.58. The van der Waals surface area contributed by atoms with E-state index in [0.29, 0.717) is 31.8 Å². The Hall–Kier alpha value is -2.28. The molecule has 2 aliphatic rings. The second-order valence-electron chi connectivity index (χ2n) is 6.06. The van der Waals surface area contributed by atoms with Crippen molar-refractivity contribution in [2.45, 2.75) is 32.4 Å². The van der Waals surface area contributed by atoms with Crippen molar-refractivity contribution in [3.8, 4) is 0 Å². The summed E-state index contributed by atoms with van der Waals surface area (Å²) in [5.41, 5.74) is 1.16. The van der Waals surface area contributed by atoms with Gasteiger partial charge in [-0.25, -0.2) is 9.40 Å². The first-order valence-electron chi connectivity index (χ1n) is 8.06. The van der Waals surface area contributed by atoms with Crippen LogP contribution in [0, 0.1) is 5.82 Å². The van der Waals surface area contributed by atoms with E-state index >= 15 is 0 Å². The topological polar surface area (TPSA) is 62.2 Å². The van der Waals surface area contributed by atoms with Gasteiger partial charge >= 0.3 is 0 Å². The minimum Gasteiger partial charge on any atom is -0.375 e. The van der Waals surface area contributed by atoms with E-state index in [1.165, 1.54) is 17.1 Å². The van der Waals surface area contributed by atoms with Gasteiger partial charge in [0.15, 0.2) is 0 Å². The Morgan fingerprint density at radius 2 is 2.08 bits per heavy atom. The Labute approximate surface area is 139 Å². The van der Waals surface area contributed by atoms with E-state index in [1.54, 1.807) is 17.0 Å². The van der Waals surface area contributed by atoms with Crippen molar-refractivity contribution in [2.24, 2.45) is 5.10 Å². The van der Waals surface area contributed by atoms with Gasteiger partial charge in [-0.1, -0.05) is 12.1 Å². The van der Waals surface area contributed by atoms with Gasteiger partial charge in [-0.3, -0.25) is 9.59 Å². The van der Waals surface area contributed by atoms with Crippen molar-refractivity contribution in [2.75, 3.05) is 19.7 Å². The van der Waals surface area contributed by atoms with Crippen LogP contribution in [-0.2, 0) is 20.9 Å². The summed E-state index contributed by atoms with van der Waals surface area (Å²) in [6, 6.07) is 5.90. The maximum atomic E-state index is 13.0. The first-order chi connectivity index (χ1) is 11.5. The zero-order chi connectivity index (χ0) is 17.1. The maximum Gasteiger partial charge on any atom is 0.270 e. The summed E-state index contributed by atoms with van der Waals surface area (Å²) >= 11 is 0. The highest BCUT2D eigenvalue weighted by molar-refractivity contribution is 6.39. The molecule has 128 valence electrons. The van der Waals surface area contributed by atoms with Crippen molar-refractivity contribution in [1.82, 2.24) is 9.91 Å². The number of nitrogens with zero attached hydrogens (tertiary/aromatic N) is 3. The molecule has 0 unspecified atom stereocenters. The third-order valence-corrected chi connectivity index (χ3v) is 4.13. The molecule has 0 aliphatic carbocycles. The van der Waals surface area contributed by atoms with E-state index in [1.807, 2.05) is 6.92 Å². The van der Waals surface area contributed by atoms with Crippen molar-refractivity contribution >= 4 is 17.5 Å². The molecule has 2 heterocycles. The second kappa shape index (κ2) is 7.09. The standard InChI is InChI=1S/C17H20FN3O3/c1-12-10-20(8-9-24-12)17(23)15-6-7-16(22)21(19-15)11-13-2-4-14(18)5-3-13/h2-5,12H,6-11H2,1H3/t12-/m1/s1. The van der Waals surface area contributed by atoms with Gasteiger partial charge in [0, 0.05) is 25.9 Å². The summed E-state index contributed by atoms with van der Waals surface area (Å²) in [6.45, 7) is 3.73. The number of halogens is 1. The number of ether oxygens (including phenoxy) is 1. The SMILES string of the molecule is C[C@@H]1CN(C(=O)C2=NN(Cc3ccc(F)cc3)C(=O)CC2)CCO1. The van der Waals surface area contributed by atoms with Gasteiger partial charge in [-0.05, 0) is 24.6 Å². The van der Waals surface area contributed by atoms with Crippen LogP contribution < -0.4 is 0 Å². The molecule has 6 nitrogen and oxygen atoms in total. The van der Waals surface area contributed by atoms with Crippen molar-refractivity contribution in [1.29, 1.82) is 0 Å². The lowest BCUT2D eigenvalue weighted by Gasteiger charge is -2.32. The van der Waals surface area contributed by atoms with E-state index in [9.17, 15) is 14.0 Å². The second-order valence-corrected chi connectivity index (χ2v) is 6.06. The quantitative estimate of drug-likeness (QED) is 0.843. The largest absolute Gasteiger partial charge is 0.375 e. The zero-order valence-corrected chi connectivity index (χ0v) is 13.6.